The number of nitrogens with one attached hydrogen (secondary N) is 1. The first kappa shape index (κ1) is 28.2. The number of hydrogen-bond acceptors (Lipinski definition) is 8. The van der Waals surface area contributed by atoms with Crippen LogP contribution in [0.5, 0.6) is 0 Å². The molecule has 2 aliphatic heterocycles. The Morgan fingerprint density at radius 1 is 1.07 bits per heavy atom. The number of fused-ring (bicyclic) bond motifs is 1. The van der Waals surface area contributed by atoms with Gasteiger partial charge in [0, 0.05) is 5.56 Å². The highest BCUT2D eigenvalue weighted by Crippen LogP contribution is 2.43. The number of amides is 1. The molecular formula is C29H27F3N4O6. The number of halogens is 3. The third kappa shape index (κ3) is 4.92. The van der Waals surface area contributed by atoms with Crippen molar-refractivity contribution in [2.45, 2.75) is 49.0 Å². The van der Waals surface area contributed by atoms with Gasteiger partial charge in [-0.3, -0.25) is 4.79 Å². The van der Waals surface area contributed by atoms with Crippen molar-refractivity contribution in [3.63, 3.8) is 0 Å². The molecule has 3 heterocycles. The lowest BCUT2D eigenvalue weighted by Gasteiger charge is -2.49. The van der Waals surface area contributed by atoms with Crippen LogP contribution in [0.15, 0.2) is 60.8 Å². The van der Waals surface area contributed by atoms with Crippen LogP contribution >= 0.6 is 0 Å². The van der Waals surface area contributed by atoms with Crippen LogP contribution in [0.1, 0.15) is 18.0 Å². The van der Waals surface area contributed by atoms with Gasteiger partial charge in [-0.05, 0) is 34.9 Å². The summed E-state index contributed by atoms with van der Waals surface area (Å²) < 4.78 is 53.9. The molecule has 1 amide bonds. The van der Waals surface area contributed by atoms with E-state index in [0.717, 1.165) is 33.2 Å². The van der Waals surface area contributed by atoms with E-state index in [-0.39, 0.29) is 36.6 Å². The zero-order chi connectivity index (χ0) is 29.6. The summed E-state index contributed by atoms with van der Waals surface area (Å²) in [6.07, 6.45) is -2.91. The van der Waals surface area contributed by atoms with Gasteiger partial charge in [0.25, 0.3) is 0 Å². The van der Waals surface area contributed by atoms with Gasteiger partial charge in [-0.25, -0.2) is 17.9 Å². The number of carbonyl (C=O) groups is 1. The van der Waals surface area contributed by atoms with Crippen molar-refractivity contribution >= 4 is 16.7 Å². The molecule has 0 unspecified atom stereocenters. The molecule has 0 aliphatic carbocycles. The van der Waals surface area contributed by atoms with Crippen LogP contribution in [0.3, 0.4) is 0 Å². The second kappa shape index (κ2) is 11.1. The summed E-state index contributed by atoms with van der Waals surface area (Å²) in [4.78, 5) is 13.1. The summed E-state index contributed by atoms with van der Waals surface area (Å²) in [7, 11) is 0. The summed E-state index contributed by atoms with van der Waals surface area (Å²) in [5.74, 6) is -6.71. The molecule has 13 heteroatoms. The topological polar surface area (TPSA) is 139 Å². The second-order valence-corrected chi connectivity index (χ2v) is 10.4. The summed E-state index contributed by atoms with van der Waals surface area (Å²) in [5.41, 5.74) is 0.577. The fourth-order valence-corrected chi connectivity index (χ4v) is 5.72. The SMILES string of the molecule is O=C(Cc1ccc2ccccc2c1)N[C@@H]1CCO[C@]12O[C@H](CO)[C@H](O)[C@H](n1cc(-c3cc(F)c(F)c(F)c3)nn1)[C@H]2O. The number of benzene rings is 3. The van der Waals surface area contributed by atoms with Crippen LogP contribution in [0, 0.1) is 17.5 Å². The van der Waals surface area contributed by atoms with E-state index in [1.807, 2.05) is 42.5 Å². The molecule has 4 aromatic rings. The minimum Gasteiger partial charge on any atom is -0.394 e. The first-order valence-electron chi connectivity index (χ1n) is 13.3. The Morgan fingerprint density at radius 2 is 1.81 bits per heavy atom. The number of aliphatic hydroxyl groups excluding tert-OH is 3. The fourth-order valence-electron chi connectivity index (χ4n) is 5.72. The molecule has 2 saturated heterocycles. The molecule has 1 aromatic heterocycles. The van der Waals surface area contributed by atoms with Gasteiger partial charge in [0.15, 0.2) is 17.5 Å². The maximum Gasteiger partial charge on any atom is 0.224 e. The third-order valence-corrected chi connectivity index (χ3v) is 7.81. The smallest absolute Gasteiger partial charge is 0.224 e. The molecular weight excluding hydrogens is 557 g/mol. The number of carbonyl (C=O) groups excluding carboxylic acids is 1. The van der Waals surface area contributed by atoms with Gasteiger partial charge in [0.05, 0.1) is 31.9 Å². The quantitative estimate of drug-likeness (QED) is 0.253. The molecule has 0 radical (unpaired) electrons. The van der Waals surface area contributed by atoms with E-state index in [1.54, 1.807) is 0 Å². The Morgan fingerprint density at radius 3 is 2.55 bits per heavy atom. The Bertz CT molecular complexity index is 1610. The minimum atomic E-state index is -1.86. The Labute approximate surface area is 237 Å². The average Bonchev–Trinajstić information content (AvgIpc) is 3.62. The number of aromatic nitrogens is 3. The second-order valence-electron chi connectivity index (χ2n) is 10.4. The van der Waals surface area contributed by atoms with E-state index in [0.29, 0.717) is 0 Å². The predicted molar refractivity (Wildman–Crippen MR) is 141 cm³/mol. The van der Waals surface area contributed by atoms with Crippen LogP contribution in [0.25, 0.3) is 22.0 Å². The van der Waals surface area contributed by atoms with Crippen LogP contribution < -0.4 is 5.32 Å². The van der Waals surface area contributed by atoms with Gasteiger partial charge in [0.2, 0.25) is 11.7 Å². The summed E-state index contributed by atoms with van der Waals surface area (Å²) >= 11 is 0. The Kier molecular flexibility index (Phi) is 7.45. The van der Waals surface area contributed by atoms with Gasteiger partial charge >= 0.3 is 0 Å². The molecule has 10 nitrogen and oxygen atoms in total. The number of nitrogens with zero attached hydrogens (tertiary/aromatic N) is 3. The molecule has 6 rings (SSSR count). The molecule has 3 aromatic carbocycles. The van der Waals surface area contributed by atoms with Gasteiger partial charge in [-0.2, -0.15) is 0 Å². The van der Waals surface area contributed by atoms with Gasteiger partial charge in [-0.15, -0.1) is 5.10 Å². The summed E-state index contributed by atoms with van der Waals surface area (Å²) in [6, 6.07) is 12.7. The molecule has 6 atom stereocenters. The van der Waals surface area contributed by atoms with Crippen LogP contribution in [-0.4, -0.2) is 79.6 Å². The molecule has 0 bridgehead atoms. The lowest BCUT2D eigenvalue weighted by atomic mass is 9.86. The lowest BCUT2D eigenvalue weighted by molar-refractivity contribution is -0.345. The van der Waals surface area contributed by atoms with Crippen LogP contribution in [0.2, 0.25) is 0 Å². The number of ether oxygens (including phenoxy) is 2. The molecule has 2 fully saturated rings. The lowest BCUT2D eigenvalue weighted by Crippen LogP contribution is -2.69. The molecule has 2 aliphatic rings. The van der Waals surface area contributed by atoms with Crippen molar-refractivity contribution in [1.29, 1.82) is 0 Å². The normalized spacial score (nSPS) is 27.5. The van der Waals surface area contributed by atoms with E-state index in [4.69, 9.17) is 9.47 Å². The predicted octanol–water partition coefficient (Wildman–Crippen LogP) is 2.01. The van der Waals surface area contributed by atoms with Crippen molar-refractivity contribution in [3.05, 3.63) is 83.8 Å². The number of aliphatic hydroxyl groups is 3. The van der Waals surface area contributed by atoms with E-state index in [2.05, 4.69) is 15.6 Å². The van der Waals surface area contributed by atoms with Crippen molar-refractivity contribution in [2.75, 3.05) is 13.2 Å². The fraction of sp³-hybridized carbons (Fsp3) is 0.345. The largest absolute Gasteiger partial charge is 0.394 e. The highest BCUT2D eigenvalue weighted by Gasteiger charge is 2.62. The highest BCUT2D eigenvalue weighted by atomic mass is 19.2. The first-order chi connectivity index (χ1) is 20.2. The maximum atomic E-state index is 13.8. The van der Waals surface area contributed by atoms with Gasteiger partial charge in [0.1, 0.15) is 30.0 Å². The van der Waals surface area contributed by atoms with Crippen molar-refractivity contribution in [1.82, 2.24) is 20.3 Å². The van der Waals surface area contributed by atoms with E-state index < -0.39 is 60.2 Å². The maximum absolute atomic E-state index is 13.8. The summed E-state index contributed by atoms with van der Waals surface area (Å²) in [5, 5.41) is 45.2. The number of rotatable bonds is 6. The first-order valence-corrected chi connectivity index (χ1v) is 13.3. The molecule has 0 saturated carbocycles. The Hall–Kier alpha value is -3.88. The summed E-state index contributed by atoms with van der Waals surface area (Å²) in [6.45, 7) is -0.571. The number of hydrogen-bond donors (Lipinski definition) is 4. The van der Waals surface area contributed by atoms with Crippen molar-refractivity contribution in [3.8, 4) is 11.3 Å². The molecule has 4 N–H and O–H groups in total. The van der Waals surface area contributed by atoms with Crippen LogP contribution in [-0.2, 0) is 20.7 Å². The van der Waals surface area contributed by atoms with Crippen LogP contribution in [0.4, 0.5) is 13.2 Å². The minimum absolute atomic E-state index is 0.0419. The van der Waals surface area contributed by atoms with Crippen molar-refractivity contribution < 1.29 is 42.8 Å². The highest BCUT2D eigenvalue weighted by molar-refractivity contribution is 5.85. The standard InChI is InChI=1S/C29H27F3N4O6/c30-19-11-18(12-20(31)25(19)32)21-13-36(35-34-21)26-27(39)22(14-37)42-29(28(26)40)23(7-8-41-29)33-24(38)10-15-5-6-16-3-1-2-4-17(16)9-15/h1-6,9,11-13,22-23,26-28,37,39-40H,7-8,10,14H2,(H,33,38)/t22-,23-,26+,27+,28-,29+/m1/s1. The van der Waals surface area contributed by atoms with E-state index in [9.17, 15) is 33.3 Å². The third-order valence-electron chi connectivity index (χ3n) is 7.81. The average molecular weight is 585 g/mol. The molecule has 220 valence electrons. The Balaban J connectivity index is 1.26. The van der Waals surface area contributed by atoms with E-state index in [1.165, 1.54) is 6.20 Å². The van der Waals surface area contributed by atoms with Gasteiger partial charge < -0.3 is 30.1 Å². The van der Waals surface area contributed by atoms with E-state index >= 15 is 0 Å². The van der Waals surface area contributed by atoms with Gasteiger partial charge in [-0.1, -0.05) is 47.7 Å². The molecule has 42 heavy (non-hydrogen) atoms. The van der Waals surface area contributed by atoms with Crippen molar-refractivity contribution in [2.24, 2.45) is 0 Å². The zero-order valence-electron chi connectivity index (χ0n) is 22.0. The zero-order valence-corrected chi connectivity index (χ0v) is 22.0. The monoisotopic (exact) mass is 584 g/mol. The molecule has 1 spiro atoms.